The average molecular weight is 396 g/mol. The van der Waals surface area contributed by atoms with Gasteiger partial charge in [0.15, 0.2) is 0 Å². The molecule has 148 valence electrons. The van der Waals surface area contributed by atoms with Crippen molar-refractivity contribution in [2.45, 2.75) is 0 Å². The maximum atomic E-state index is 14.4. The minimum atomic E-state index is -0.632. The maximum absolute atomic E-state index is 14.4. The first kappa shape index (κ1) is 21.2. The molecular formula is C22H17FO6. The Morgan fingerprint density at radius 1 is 0.759 bits per heavy atom. The fourth-order valence-corrected chi connectivity index (χ4v) is 2.01. The second-order valence-electron chi connectivity index (χ2n) is 5.23. The molecule has 0 heterocycles. The van der Waals surface area contributed by atoms with E-state index in [1.54, 1.807) is 36.4 Å². The van der Waals surface area contributed by atoms with Crippen molar-refractivity contribution in [3.63, 3.8) is 0 Å². The van der Waals surface area contributed by atoms with Gasteiger partial charge in [-0.2, -0.15) is 0 Å². The number of halogens is 1. The number of esters is 2. The maximum Gasteiger partial charge on any atom is 0.335 e. The molecule has 0 saturated heterocycles. The molecule has 0 aliphatic carbocycles. The van der Waals surface area contributed by atoms with Gasteiger partial charge < -0.3 is 18.9 Å². The summed E-state index contributed by atoms with van der Waals surface area (Å²) in [6.07, 6.45) is 6.45. The lowest BCUT2D eigenvalue weighted by molar-refractivity contribution is -0.133. The summed E-state index contributed by atoms with van der Waals surface area (Å²) in [5.74, 6) is -1.03. The van der Waals surface area contributed by atoms with Crippen molar-refractivity contribution >= 4 is 11.9 Å². The predicted octanol–water partition coefficient (Wildman–Crippen LogP) is 4.65. The molecule has 0 bridgehead atoms. The molecular weight excluding hydrogens is 379 g/mol. The molecule has 0 aliphatic heterocycles. The van der Waals surface area contributed by atoms with E-state index in [4.69, 9.17) is 9.47 Å². The van der Waals surface area contributed by atoms with E-state index >= 15 is 0 Å². The minimum Gasteiger partial charge on any atom is -0.462 e. The Morgan fingerprint density at radius 3 is 1.79 bits per heavy atom. The number of hydrogen-bond acceptors (Lipinski definition) is 6. The van der Waals surface area contributed by atoms with Crippen LogP contribution in [0.2, 0.25) is 0 Å². The molecule has 0 N–H and O–H groups in total. The molecule has 0 spiro atoms. The highest BCUT2D eigenvalue weighted by Crippen LogP contribution is 2.28. The Morgan fingerprint density at radius 2 is 1.28 bits per heavy atom. The smallest absolute Gasteiger partial charge is 0.335 e. The van der Waals surface area contributed by atoms with E-state index in [9.17, 15) is 14.0 Å². The lowest BCUT2D eigenvalue weighted by atomic mass is 10.0. The van der Waals surface area contributed by atoms with Gasteiger partial charge in [-0.15, -0.1) is 0 Å². The summed E-state index contributed by atoms with van der Waals surface area (Å²) in [4.78, 5) is 21.7. The fraction of sp³-hybridized carbons (Fsp3) is 0. The molecule has 7 heteroatoms. The number of carbonyl (C=O) groups is 2. The number of carbonyl (C=O) groups excluding carboxylic acids is 2. The Labute approximate surface area is 166 Å². The van der Waals surface area contributed by atoms with Crippen molar-refractivity contribution in [1.82, 2.24) is 0 Å². The van der Waals surface area contributed by atoms with Gasteiger partial charge in [-0.3, -0.25) is 0 Å². The third-order valence-corrected chi connectivity index (χ3v) is 3.33. The zero-order valence-electron chi connectivity index (χ0n) is 15.2. The highest BCUT2D eigenvalue weighted by molar-refractivity contribution is 5.82. The Hall–Kier alpha value is -4.13. The standard InChI is InChI=1S/C22H17FO6/c1-3-21(24)28-13-11-26-17-7-5-16(6-8-17)19-10-9-18(15-20(19)23)27-12-14-29-22(25)4-2/h3-15H,1-2H2/b13-11-,14-12-. The first-order valence-corrected chi connectivity index (χ1v) is 8.23. The molecule has 2 aromatic carbocycles. The Kier molecular flexibility index (Phi) is 7.95. The van der Waals surface area contributed by atoms with E-state index in [1.165, 1.54) is 12.3 Å². The van der Waals surface area contributed by atoms with E-state index in [0.717, 1.165) is 30.9 Å². The molecule has 0 aliphatic rings. The molecule has 0 amide bonds. The molecule has 0 aromatic heterocycles. The molecule has 2 rings (SSSR count). The zero-order valence-corrected chi connectivity index (χ0v) is 15.2. The molecule has 0 radical (unpaired) electrons. The van der Waals surface area contributed by atoms with Gasteiger partial charge in [-0.1, -0.05) is 25.3 Å². The summed E-state index contributed by atoms with van der Waals surface area (Å²) in [7, 11) is 0. The molecule has 0 unspecified atom stereocenters. The van der Waals surface area contributed by atoms with Crippen LogP contribution in [0.25, 0.3) is 11.1 Å². The molecule has 2 aromatic rings. The molecule has 29 heavy (non-hydrogen) atoms. The Balaban J connectivity index is 1.97. The summed E-state index contributed by atoms with van der Waals surface area (Å²) in [6, 6.07) is 10.9. The monoisotopic (exact) mass is 396 g/mol. The Bertz CT molecular complexity index is 944. The van der Waals surface area contributed by atoms with E-state index in [0.29, 0.717) is 16.9 Å². The second-order valence-corrected chi connectivity index (χ2v) is 5.23. The second kappa shape index (κ2) is 10.9. The summed E-state index contributed by atoms with van der Waals surface area (Å²) < 4.78 is 34.0. The van der Waals surface area contributed by atoms with E-state index in [2.05, 4.69) is 22.6 Å². The van der Waals surface area contributed by atoms with Gasteiger partial charge in [-0.25, -0.2) is 14.0 Å². The number of rotatable bonds is 9. The SMILES string of the molecule is C=CC(=O)O/C=C\Oc1ccc(-c2ccc(O/C=C\OC(=O)C=C)cc2F)cc1. The van der Waals surface area contributed by atoms with Crippen molar-refractivity contribution in [1.29, 1.82) is 0 Å². The largest absolute Gasteiger partial charge is 0.462 e. The lowest BCUT2D eigenvalue weighted by Crippen LogP contribution is -1.93. The van der Waals surface area contributed by atoms with Crippen LogP contribution in [0, 0.1) is 5.82 Å². The molecule has 0 atom stereocenters. The quantitative estimate of drug-likeness (QED) is 0.349. The molecule has 0 fully saturated rings. The van der Waals surface area contributed by atoms with Crippen LogP contribution >= 0.6 is 0 Å². The van der Waals surface area contributed by atoms with Crippen LogP contribution < -0.4 is 9.47 Å². The van der Waals surface area contributed by atoms with Gasteiger partial charge in [0.05, 0.1) is 0 Å². The summed E-state index contributed by atoms with van der Waals surface area (Å²) in [5, 5.41) is 0. The minimum absolute atomic E-state index is 0.233. The predicted molar refractivity (Wildman–Crippen MR) is 104 cm³/mol. The molecule has 0 saturated carbocycles. The number of hydrogen-bond donors (Lipinski definition) is 0. The highest BCUT2D eigenvalue weighted by atomic mass is 19.1. The first-order valence-electron chi connectivity index (χ1n) is 8.23. The van der Waals surface area contributed by atoms with E-state index in [-0.39, 0.29) is 5.75 Å². The molecule has 6 nitrogen and oxygen atoms in total. The van der Waals surface area contributed by atoms with Gasteiger partial charge in [0.2, 0.25) is 0 Å². The van der Waals surface area contributed by atoms with Crippen LogP contribution in [-0.4, -0.2) is 11.9 Å². The van der Waals surface area contributed by atoms with Crippen molar-refractivity contribution in [2.75, 3.05) is 0 Å². The van der Waals surface area contributed by atoms with Crippen molar-refractivity contribution in [3.8, 4) is 22.6 Å². The fourth-order valence-electron chi connectivity index (χ4n) is 2.01. The van der Waals surface area contributed by atoms with Crippen LogP contribution in [0.4, 0.5) is 4.39 Å². The van der Waals surface area contributed by atoms with E-state index < -0.39 is 17.8 Å². The summed E-state index contributed by atoms with van der Waals surface area (Å²) in [5.41, 5.74) is 0.986. The van der Waals surface area contributed by atoms with Crippen LogP contribution in [0.5, 0.6) is 11.5 Å². The van der Waals surface area contributed by atoms with E-state index in [1.807, 2.05) is 0 Å². The number of benzene rings is 2. The van der Waals surface area contributed by atoms with Gasteiger partial charge in [0.25, 0.3) is 0 Å². The van der Waals surface area contributed by atoms with Crippen LogP contribution in [0.15, 0.2) is 92.8 Å². The highest BCUT2D eigenvalue weighted by Gasteiger charge is 2.07. The lowest BCUT2D eigenvalue weighted by Gasteiger charge is -2.07. The van der Waals surface area contributed by atoms with Crippen LogP contribution in [-0.2, 0) is 19.1 Å². The topological polar surface area (TPSA) is 71.1 Å². The van der Waals surface area contributed by atoms with Crippen LogP contribution in [0.1, 0.15) is 0 Å². The average Bonchev–Trinajstić information content (AvgIpc) is 2.74. The third kappa shape index (κ3) is 6.84. The van der Waals surface area contributed by atoms with Crippen molar-refractivity contribution in [3.05, 3.63) is 98.6 Å². The zero-order chi connectivity index (χ0) is 21.1. The first-order chi connectivity index (χ1) is 14.0. The summed E-state index contributed by atoms with van der Waals surface area (Å²) in [6.45, 7) is 6.51. The van der Waals surface area contributed by atoms with Gasteiger partial charge in [-0.05, 0) is 29.8 Å². The normalized spacial score (nSPS) is 10.5. The van der Waals surface area contributed by atoms with Gasteiger partial charge in [0, 0.05) is 23.8 Å². The third-order valence-electron chi connectivity index (χ3n) is 3.33. The summed E-state index contributed by atoms with van der Waals surface area (Å²) >= 11 is 0. The van der Waals surface area contributed by atoms with Crippen molar-refractivity contribution < 1.29 is 32.9 Å². The van der Waals surface area contributed by atoms with Gasteiger partial charge in [0.1, 0.15) is 42.4 Å². The van der Waals surface area contributed by atoms with Gasteiger partial charge >= 0.3 is 11.9 Å². The van der Waals surface area contributed by atoms with Crippen LogP contribution in [0.3, 0.4) is 0 Å². The van der Waals surface area contributed by atoms with Crippen molar-refractivity contribution in [2.24, 2.45) is 0 Å². The number of ether oxygens (including phenoxy) is 4.